The fourth-order valence-electron chi connectivity index (χ4n) is 3.51. The van der Waals surface area contributed by atoms with Gasteiger partial charge >= 0.3 is 5.97 Å². The number of anilines is 1. The Morgan fingerprint density at radius 3 is 2.50 bits per heavy atom. The van der Waals surface area contributed by atoms with Crippen molar-refractivity contribution in [2.45, 2.75) is 38.1 Å². The molecule has 0 radical (unpaired) electrons. The largest absolute Gasteiger partial charge is 0.455 e. The predicted octanol–water partition coefficient (Wildman–Crippen LogP) is 2.24. The van der Waals surface area contributed by atoms with E-state index in [-0.39, 0.29) is 18.4 Å². The molecule has 0 spiro atoms. The van der Waals surface area contributed by atoms with Gasteiger partial charge in [0.05, 0.1) is 5.92 Å². The number of benzene rings is 1. The second-order valence-electron chi connectivity index (χ2n) is 6.64. The number of likely N-dealkylation sites (tertiary alicyclic amines) is 1. The highest BCUT2D eigenvalue weighted by Gasteiger charge is 2.39. The highest BCUT2D eigenvalue weighted by Crippen LogP contribution is 2.29. The van der Waals surface area contributed by atoms with E-state index in [1.807, 2.05) is 5.32 Å². The quantitative estimate of drug-likeness (QED) is 0.811. The monoisotopic (exact) mass is 366 g/mol. The molecule has 1 atom stereocenters. The zero-order chi connectivity index (χ0) is 18.7. The summed E-state index contributed by atoms with van der Waals surface area (Å²) in [6, 6.07) is 3.37. The molecule has 1 aromatic carbocycles. The van der Waals surface area contributed by atoms with E-state index in [1.54, 1.807) is 4.90 Å². The molecule has 1 N–H and O–H groups in total. The van der Waals surface area contributed by atoms with Crippen LogP contribution in [0, 0.1) is 17.6 Å². The number of nitrogens with zero attached hydrogens (tertiary/aromatic N) is 1. The zero-order valence-corrected chi connectivity index (χ0v) is 14.2. The minimum absolute atomic E-state index is 0.0683. The van der Waals surface area contributed by atoms with E-state index in [0.717, 1.165) is 37.8 Å². The van der Waals surface area contributed by atoms with Gasteiger partial charge in [0.25, 0.3) is 5.91 Å². The predicted molar refractivity (Wildman–Crippen MR) is 88.0 cm³/mol. The molecular weight excluding hydrogens is 346 g/mol. The van der Waals surface area contributed by atoms with Crippen molar-refractivity contribution in [2.24, 2.45) is 5.92 Å². The number of ether oxygens (including phenoxy) is 1. The molecule has 2 fully saturated rings. The molecule has 8 heteroatoms. The molecule has 0 unspecified atom stereocenters. The topological polar surface area (TPSA) is 75.7 Å². The van der Waals surface area contributed by atoms with Crippen LogP contribution in [0.25, 0.3) is 0 Å². The number of hydrogen-bond donors (Lipinski definition) is 1. The van der Waals surface area contributed by atoms with E-state index >= 15 is 0 Å². The van der Waals surface area contributed by atoms with Crippen molar-refractivity contribution < 1.29 is 27.9 Å². The van der Waals surface area contributed by atoms with E-state index in [4.69, 9.17) is 4.74 Å². The minimum atomic E-state index is -0.918. The van der Waals surface area contributed by atoms with E-state index in [1.165, 1.54) is 6.07 Å². The first kappa shape index (κ1) is 18.3. The number of para-hydroxylation sites is 1. The van der Waals surface area contributed by atoms with Gasteiger partial charge in [-0.15, -0.1) is 0 Å². The maximum Gasteiger partial charge on any atom is 0.311 e. The Hall–Kier alpha value is -2.51. The van der Waals surface area contributed by atoms with Gasteiger partial charge in [0, 0.05) is 19.0 Å². The zero-order valence-electron chi connectivity index (χ0n) is 14.2. The van der Waals surface area contributed by atoms with Crippen molar-refractivity contribution >= 4 is 23.5 Å². The lowest BCUT2D eigenvalue weighted by Gasteiger charge is -2.23. The molecule has 1 aliphatic carbocycles. The number of nitrogens with one attached hydrogen (secondary N) is 1. The molecule has 140 valence electrons. The summed E-state index contributed by atoms with van der Waals surface area (Å²) in [6.07, 6.45) is 4.12. The first-order valence-corrected chi connectivity index (χ1v) is 8.65. The second kappa shape index (κ2) is 7.80. The number of hydrogen-bond acceptors (Lipinski definition) is 4. The van der Waals surface area contributed by atoms with Crippen molar-refractivity contribution in [1.82, 2.24) is 4.90 Å². The van der Waals surface area contributed by atoms with Gasteiger partial charge in [-0.25, -0.2) is 8.78 Å². The van der Waals surface area contributed by atoms with Gasteiger partial charge in [0.15, 0.2) is 6.61 Å². The van der Waals surface area contributed by atoms with Gasteiger partial charge in [-0.3, -0.25) is 14.4 Å². The Morgan fingerprint density at radius 1 is 1.19 bits per heavy atom. The summed E-state index contributed by atoms with van der Waals surface area (Å²) in [5.74, 6) is -4.02. The summed E-state index contributed by atoms with van der Waals surface area (Å²) in [5.41, 5.74) is -0.586. The number of halogens is 2. The standard InChI is InChI=1S/C18H20F2N2O4/c19-13-6-3-7-14(20)17(13)21-15(23)10-26-18(25)11-8-16(24)22(9-11)12-4-1-2-5-12/h3,6-7,11-12H,1-2,4-5,8-10H2,(H,21,23)/t11-/m1/s1. The average Bonchev–Trinajstić information content (AvgIpc) is 3.25. The van der Waals surface area contributed by atoms with E-state index in [2.05, 4.69) is 0 Å². The molecule has 1 aromatic rings. The molecule has 0 aromatic heterocycles. The van der Waals surface area contributed by atoms with Gasteiger partial charge in [0.2, 0.25) is 5.91 Å². The Kier molecular flexibility index (Phi) is 5.49. The minimum Gasteiger partial charge on any atom is -0.455 e. The third-order valence-electron chi connectivity index (χ3n) is 4.83. The summed E-state index contributed by atoms with van der Waals surface area (Å²) in [4.78, 5) is 37.7. The lowest BCUT2D eigenvalue weighted by molar-refractivity contribution is -0.151. The fraction of sp³-hybridized carbons (Fsp3) is 0.500. The lowest BCUT2D eigenvalue weighted by atomic mass is 10.1. The van der Waals surface area contributed by atoms with Gasteiger partial charge in [-0.05, 0) is 25.0 Å². The molecule has 1 aliphatic heterocycles. The molecule has 2 aliphatic rings. The molecule has 1 heterocycles. The van der Waals surface area contributed by atoms with Crippen LogP contribution in [0.15, 0.2) is 18.2 Å². The highest BCUT2D eigenvalue weighted by atomic mass is 19.1. The van der Waals surface area contributed by atoms with E-state index in [0.29, 0.717) is 6.54 Å². The molecule has 6 nitrogen and oxygen atoms in total. The summed E-state index contributed by atoms with van der Waals surface area (Å²) >= 11 is 0. The first-order chi connectivity index (χ1) is 12.5. The molecule has 2 amide bonds. The molecule has 1 saturated carbocycles. The third kappa shape index (κ3) is 4.00. The van der Waals surface area contributed by atoms with Crippen LogP contribution in [0.2, 0.25) is 0 Å². The SMILES string of the molecule is O=C(COC(=O)[C@@H]1CC(=O)N(C2CCCC2)C1)Nc1c(F)cccc1F. The first-order valence-electron chi connectivity index (χ1n) is 8.65. The molecule has 3 rings (SSSR count). The van der Waals surface area contributed by atoms with Gasteiger partial charge in [-0.2, -0.15) is 0 Å². The van der Waals surface area contributed by atoms with Crippen molar-refractivity contribution in [2.75, 3.05) is 18.5 Å². The fourth-order valence-corrected chi connectivity index (χ4v) is 3.51. The van der Waals surface area contributed by atoms with Gasteiger partial charge in [-0.1, -0.05) is 18.9 Å². The number of amides is 2. The summed E-state index contributed by atoms with van der Waals surface area (Å²) < 4.78 is 31.9. The van der Waals surface area contributed by atoms with Crippen molar-refractivity contribution in [3.05, 3.63) is 29.8 Å². The number of esters is 1. The average molecular weight is 366 g/mol. The van der Waals surface area contributed by atoms with Gasteiger partial charge in [0.1, 0.15) is 17.3 Å². The van der Waals surface area contributed by atoms with Crippen LogP contribution >= 0.6 is 0 Å². The van der Waals surface area contributed by atoms with Gasteiger partial charge < -0.3 is 15.0 Å². The van der Waals surface area contributed by atoms with Crippen molar-refractivity contribution in [3.8, 4) is 0 Å². The summed E-state index contributed by atoms with van der Waals surface area (Å²) in [7, 11) is 0. The lowest BCUT2D eigenvalue weighted by Crippen LogP contribution is -2.35. The summed E-state index contributed by atoms with van der Waals surface area (Å²) in [5, 5.41) is 2.04. The molecule has 0 bridgehead atoms. The van der Waals surface area contributed by atoms with Crippen LogP contribution in [0.4, 0.5) is 14.5 Å². The maximum absolute atomic E-state index is 13.5. The highest BCUT2D eigenvalue weighted by molar-refractivity contribution is 5.94. The van der Waals surface area contributed by atoms with Crippen molar-refractivity contribution in [1.29, 1.82) is 0 Å². The second-order valence-corrected chi connectivity index (χ2v) is 6.64. The Bertz CT molecular complexity index is 699. The molecular formula is C18H20F2N2O4. The maximum atomic E-state index is 13.5. The van der Waals surface area contributed by atoms with Crippen LogP contribution in [-0.4, -0.2) is 41.9 Å². The number of rotatable bonds is 5. The Labute approximate surface area is 149 Å². The van der Waals surface area contributed by atoms with Crippen molar-refractivity contribution in [3.63, 3.8) is 0 Å². The molecule has 26 heavy (non-hydrogen) atoms. The molecule has 1 saturated heterocycles. The Balaban J connectivity index is 1.49. The van der Waals surface area contributed by atoms with Crippen LogP contribution in [0.3, 0.4) is 0 Å². The third-order valence-corrected chi connectivity index (χ3v) is 4.83. The smallest absolute Gasteiger partial charge is 0.311 e. The number of carbonyl (C=O) groups excluding carboxylic acids is 3. The van der Waals surface area contributed by atoms with Crippen LogP contribution in [-0.2, 0) is 19.1 Å². The number of carbonyl (C=O) groups is 3. The van der Waals surface area contributed by atoms with E-state index in [9.17, 15) is 23.2 Å². The van der Waals surface area contributed by atoms with E-state index < -0.39 is 41.7 Å². The normalized spacial score (nSPS) is 20.5. The van der Waals surface area contributed by atoms with Crippen LogP contribution in [0.5, 0.6) is 0 Å². The Morgan fingerprint density at radius 2 is 1.85 bits per heavy atom. The summed E-state index contributed by atoms with van der Waals surface area (Å²) in [6.45, 7) is -0.368. The van der Waals surface area contributed by atoms with Crippen LogP contribution < -0.4 is 5.32 Å². The van der Waals surface area contributed by atoms with Crippen LogP contribution in [0.1, 0.15) is 32.1 Å².